The summed E-state index contributed by atoms with van der Waals surface area (Å²) >= 11 is 0. The number of nitrogens with one attached hydrogen (secondary N) is 1. The molecule has 0 aromatic carbocycles. The first-order chi connectivity index (χ1) is 9.54. The highest BCUT2D eigenvalue weighted by molar-refractivity contribution is 5.83. The lowest BCUT2D eigenvalue weighted by Gasteiger charge is -2.08. The highest BCUT2D eigenvalue weighted by atomic mass is 16.5. The van der Waals surface area contributed by atoms with Crippen molar-refractivity contribution in [2.75, 3.05) is 18.5 Å². The molecule has 0 fully saturated rings. The van der Waals surface area contributed by atoms with Crippen molar-refractivity contribution in [2.24, 2.45) is 14.1 Å². The van der Waals surface area contributed by atoms with Crippen molar-refractivity contribution in [2.45, 2.75) is 13.3 Å². The average Bonchev–Trinajstić information content (AvgIpc) is 2.78. The molecule has 108 valence electrons. The zero-order valence-electron chi connectivity index (χ0n) is 11.7. The molecule has 0 amide bonds. The number of anilines is 1. The van der Waals surface area contributed by atoms with Crippen molar-refractivity contribution in [3.8, 4) is 0 Å². The van der Waals surface area contributed by atoms with Crippen LogP contribution in [0.5, 0.6) is 0 Å². The van der Waals surface area contributed by atoms with E-state index in [0.29, 0.717) is 30.1 Å². The number of carbonyl (C=O) groups excluding carboxylic acids is 1. The lowest BCUT2D eigenvalue weighted by atomic mass is 10.4. The van der Waals surface area contributed by atoms with Crippen molar-refractivity contribution < 1.29 is 9.53 Å². The van der Waals surface area contributed by atoms with Crippen LogP contribution >= 0.6 is 0 Å². The summed E-state index contributed by atoms with van der Waals surface area (Å²) in [5, 5.41) is 2.96. The van der Waals surface area contributed by atoms with E-state index in [-0.39, 0.29) is 18.1 Å². The zero-order chi connectivity index (χ0) is 14.7. The van der Waals surface area contributed by atoms with Gasteiger partial charge in [-0.1, -0.05) is 0 Å². The second-order valence-electron chi connectivity index (χ2n) is 4.31. The summed E-state index contributed by atoms with van der Waals surface area (Å²) in [6.45, 7) is 2.45. The van der Waals surface area contributed by atoms with Gasteiger partial charge in [0.25, 0.3) is 0 Å². The van der Waals surface area contributed by atoms with Crippen LogP contribution in [-0.4, -0.2) is 38.2 Å². The highest BCUT2D eigenvalue weighted by Crippen LogP contribution is 2.16. The Bertz CT molecular complexity index is 688. The molecule has 0 radical (unpaired) electrons. The van der Waals surface area contributed by atoms with E-state index in [1.54, 1.807) is 31.9 Å². The molecule has 0 unspecified atom stereocenters. The minimum atomic E-state index is -0.375. The Labute approximate surface area is 115 Å². The van der Waals surface area contributed by atoms with E-state index in [2.05, 4.69) is 15.3 Å². The fraction of sp³-hybridized carbons (Fsp3) is 0.500. The van der Waals surface area contributed by atoms with Crippen LogP contribution in [0.25, 0.3) is 11.2 Å². The third kappa shape index (κ3) is 2.63. The van der Waals surface area contributed by atoms with E-state index >= 15 is 0 Å². The third-order valence-corrected chi connectivity index (χ3v) is 2.87. The molecule has 8 heteroatoms. The number of hydrogen-bond donors (Lipinski definition) is 1. The second kappa shape index (κ2) is 5.72. The largest absolute Gasteiger partial charge is 0.466 e. The minimum Gasteiger partial charge on any atom is -0.466 e. The van der Waals surface area contributed by atoms with E-state index in [1.807, 2.05) is 0 Å². The van der Waals surface area contributed by atoms with Crippen LogP contribution in [0, 0.1) is 0 Å². The van der Waals surface area contributed by atoms with Gasteiger partial charge in [-0.15, -0.1) is 0 Å². The molecule has 0 aliphatic rings. The third-order valence-electron chi connectivity index (χ3n) is 2.87. The number of fused-ring (bicyclic) bond motifs is 1. The number of nitrogens with zero attached hydrogens (tertiary/aromatic N) is 4. The first kappa shape index (κ1) is 14.0. The van der Waals surface area contributed by atoms with Gasteiger partial charge in [0.2, 0.25) is 0 Å². The van der Waals surface area contributed by atoms with Crippen LogP contribution in [0.1, 0.15) is 13.3 Å². The first-order valence-electron chi connectivity index (χ1n) is 6.32. The van der Waals surface area contributed by atoms with Crippen molar-refractivity contribution in [3.05, 3.63) is 16.8 Å². The van der Waals surface area contributed by atoms with E-state index in [0.717, 1.165) is 0 Å². The molecule has 2 rings (SSSR count). The summed E-state index contributed by atoms with van der Waals surface area (Å²) in [4.78, 5) is 31.2. The molecule has 2 heterocycles. The van der Waals surface area contributed by atoms with E-state index in [1.165, 1.54) is 4.57 Å². The van der Waals surface area contributed by atoms with Crippen molar-refractivity contribution in [1.29, 1.82) is 0 Å². The maximum atomic E-state index is 11.8. The Balaban J connectivity index is 2.21. The van der Waals surface area contributed by atoms with Gasteiger partial charge in [0, 0.05) is 20.6 Å². The molecule has 0 bridgehead atoms. The van der Waals surface area contributed by atoms with Gasteiger partial charge in [-0.2, -0.15) is 4.98 Å². The van der Waals surface area contributed by atoms with Crippen LogP contribution in [-0.2, 0) is 23.6 Å². The summed E-state index contributed by atoms with van der Waals surface area (Å²) in [6.07, 6.45) is 1.82. The van der Waals surface area contributed by atoms with Crippen LogP contribution in [0.15, 0.2) is 11.1 Å². The average molecular weight is 279 g/mol. The smallest absolute Gasteiger partial charge is 0.350 e. The zero-order valence-corrected chi connectivity index (χ0v) is 11.7. The molecular weight excluding hydrogens is 262 g/mol. The van der Waals surface area contributed by atoms with E-state index in [4.69, 9.17) is 4.74 Å². The molecule has 2 aromatic heterocycles. The standard InChI is InChI=1S/C12H17N5O3/c1-4-20-8(18)5-6-13-10-9-11(16(2)7-14-9)17(3)12(19)15-10/h7H,4-6H2,1-3H3,(H,13,15,19). The Morgan fingerprint density at radius 1 is 1.45 bits per heavy atom. The van der Waals surface area contributed by atoms with Gasteiger partial charge in [-0.25, -0.2) is 9.78 Å². The normalized spacial score (nSPS) is 10.8. The highest BCUT2D eigenvalue weighted by Gasteiger charge is 2.12. The quantitative estimate of drug-likeness (QED) is 0.777. The van der Waals surface area contributed by atoms with Crippen LogP contribution < -0.4 is 11.0 Å². The fourth-order valence-electron chi connectivity index (χ4n) is 1.94. The molecule has 2 aromatic rings. The minimum absolute atomic E-state index is 0.207. The molecule has 0 aliphatic carbocycles. The Morgan fingerprint density at radius 2 is 2.20 bits per heavy atom. The molecule has 8 nitrogen and oxygen atoms in total. The second-order valence-corrected chi connectivity index (χ2v) is 4.31. The van der Waals surface area contributed by atoms with E-state index < -0.39 is 0 Å². The molecule has 0 saturated heterocycles. The molecule has 0 saturated carbocycles. The molecule has 0 aliphatic heterocycles. The lowest BCUT2D eigenvalue weighted by Crippen LogP contribution is -2.23. The maximum Gasteiger partial charge on any atom is 0.350 e. The summed E-state index contributed by atoms with van der Waals surface area (Å²) in [7, 11) is 3.44. The Morgan fingerprint density at radius 3 is 2.90 bits per heavy atom. The number of rotatable bonds is 5. The predicted molar refractivity (Wildman–Crippen MR) is 73.5 cm³/mol. The molecular formula is C12H17N5O3. The number of carbonyl (C=O) groups is 1. The monoisotopic (exact) mass is 279 g/mol. The molecule has 20 heavy (non-hydrogen) atoms. The van der Waals surface area contributed by atoms with Gasteiger partial charge in [0.05, 0.1) is 19.4 Å². The number of aromatic nitrogens is 4. The first-order valence-corrected chi connectivity index (χ1v) is 6.32. The SMILES string of the molecule is CCOC(=O)CCNc1nc(=O)n(C)c2c1ncn2C. The summed E-state index contributed by atoms with van der Waals surface area (Å²) in [5.74, 6) is 0.0918. The molecule has 0 atom stereocenters. The van der Waals surface area contributed by atoms with Gasteiger partial charge in [-0.05, 0) is 6.92 Å². The number of esters is 1. The van der Waals surface area contributed by atoms with Gasteiger partial charge in [-0.3, -0.25) is 9.36 Å². The number of hydrogen-bond acceptors (Lipinski definition) is 6. The summed E-state index contributed by atoms with van der Waals surface area (Å²) in [5.41, 5.74) is 0.891. The Hall–Kier alpha value is -2.38. The summed E-state index contributed by atoms with van der Waals surface area (Å²) < 4.78 is 8.00. The fourth-order valence-corrected chi connectivity index (χ4v) is 1.94. The van der Waals surface area contributed by atoms with E-state index in [9.17, 15) is 9.59 Å². The van der Waals surface area contributed by atoms with Crippen molar-refractivity contribution >= 4 is 23.0 Å². The molecule has 1 N–H and O–H groups in total. The topological polar surface area (TPSA) is 91.0 Å². The van der Waals surface area contributed by atoms with Crippen molar-refractivity contribution in [3.63, 3.8) is 0 Å². The van der Waals surface area contributed by atoms with Gasteiger partial charge in [0.1, 0.15) is 11.2 Å². The maximum absolute atomic E-state index is 11.8. The lowest BCUT2D eigenvalue weighted by molar-refractivity contribution is -0.142. The van der Waals surface area contributed by atoms with Gasteiger partial charge < -0.3 is 14.6 Å². The van der Waals surface area contributed by atoms with Crippen LogP contribution in [0.4, 0.5) is 5.82 Å². The van der Waals surface area contributed by atoms with Crippen LogP contribution in [0.2, 0.25) is 0 Å². The summed E-state index contributed by atoms with van der Waals surface area (Å²) in [6, 6.07) is 0. The number of imidazole rings is 1. The van der Waals surface area contributed by atoms with Crippen molar-refractivity contribution in [1.82, 2.24) is 19.1 Å². The number of aryl methyl sites for hydroxylation is 2. The molecule has 0 spiro atoms. The Kier molecular flexibility index (Phi) is 4.02. The number of ether oxygens (including phenoxy) is 1. The van der Waals surface area contributed by atoms with Gasteiger partial charge in [0.15, 0.2) is 5.82 Å². The van der Waals surface area contributed by atoms with Gasteiger partial charge >= 0.3 is 11.7 Å². The van der Waals surface area contributed by atoms with Crippen LogP contribution in [0.3, 0.4) is 0 Å². The predicted octanol–water partition coefficient (Wildman–Crippen LogP) is 0.0321.